The fraction of sp³-hybridized carbons (Fsp3) is 0.286. The third-order valence-corrected chi connectivity index (χ3v) is 5.01. The topological polar surface area (TPSA) is 75.6 Å². The van der Waals surface area contributed by atoms with Gasteiger partial charge >= 0.3 is 0 Å². The third-order valence-electron chi connectivity index (χ3n) is 2.89. The molecule has 1 heterocycles. The number of aliphatic hydroxyl groups is 1. The van der Waals surface area contributed by atoms with E-state index in [4.69, 9.17) is 9.84 Å². The van der Waals surface area contributed by atoms with Gasteiger partial charge in [-0.2, -0.15) is 11.3 Å². The minimum atomic E-state index is -3.82. The zero-order valence-electron chi connectivity index (χ0n) is 11.6. The molecule has 2 rings (SSSR count). The van der Waals surface area contributed by atoms with Gasteiger partial charge in [0.15, 0.2) is 0 Å². The number of rotatable bonds is 8. The Hall–Kier alpha value is -1.32. The highest BCUT2D eigenvalue weighted by Crippen LogP contribution is 2.20. The second kappa shape index (κ2) is 7.80. The summed E-state index contributed by atoms with van der Waals surface area (Å²) >= 11 is 1.46. The lowest BCUT2D eigenvalue weighted by Crippen LogP contribution is -2.30. The number of benzene rings is 1. The van der Waals surface area contributed by atoms with Crippen LogP contribution in [-0.2, 0) is 14.8 Å². The minimum absolute atomic E-state index is 0.00438. The smallest absolute Gasteiger partial charge is 0.240 e. The molecule has 120 valence electrons. The number of sulfonamides is 1. The molecule has 2 aromatic rings. The van der Waals surface area contributed by atoms with E-state index in [1.165, 1.54) is 29.5 Å². The maximum atomic E-state index is 13.1. The van der Waals surface area contributed by atoms with Crippen LogP contribution in [0.1, 0.15) is 11.7 Å². The fourth-order valence-corrected chi connectivity index (χ4v) is 3.59. The Morgan fingerprint density at radius 2 is 2.18 bits per heavy atom. The molecule has 0 saturated heterocycles. The average Bonchev–Trinajstić information content (AvgIpc) is 3.01. The second-order valence-electron chi connectivity index (χ2n) is 4.45. The number of hydrogen-bond acceptors (Lipinski definition) is 5. The third kappa shape index (κ3) is 4.59. The maximum absolute atomic E-state index is 13.1. The number of ether oxygens (including phenoxy) is 1. The molecule has 8 heteroatoms. The Labute approximate surface area is 132 Å². The Bertz CT molecular complexity index is 689. The van der Waals surface area contributed by atoms with E-state index in [1.807, 2.05) is 16.8 Å². The molecule has 1 aromatic carbocycles. The Morgan fingerprint density at radius 3 is 2.82 bits per heavy atom. The van der Waals surface area contributed by atoms with Crippen molar-refractivity contribution in [1.29, 1.82) is 0 Å². The highest BCUT2D eigenvalue weighted by molar-refractivity contribution is 7.89. The Balaban J connectivity index is 2.08. The fourth-order valence-electron chi connectivity index (χ4n) is 1.83. The summed E-state index contributed by atoms with van der Waals surface area (Å²) in [6.45, 7) is -0.0604. The summed E-state index contributed by atoms with van der Waals surface area (Å²) in [5.41, 5.74) is 0.820. The number of halogens is 1. The second-order valence-corrected chi connectivity index (χ2v) is 7.00. The van der Waals surface area contributed by atoms with Crippen LogP contribution >= 0.6 is 11.3 Å². The van der Waals surface area contributed by atoms with Gasteiger partial charge in [-0.05, 0) is 40.6 Å². The predicted molar refractivity (Wildman–Crippen MR) is 81.7 cm³/mol. The summed E-state index contributed by atoms with van der Waals surface area (Å²) in [7, 11) is -3.82. The lowest BCUT2D eigenvalue weighted by Gasteiger charge is -2.17. The van der Waals surface area contributed by atoms with E-state index >= 15 is 0 Å². The van der Waals surface area contributed by atoms with Gasteiger partial charge in [0.2, 0.25) is 10.0 Å². The number of thiophene rings is 1. The molecule has 1 atom stereocenters. The zero-order chi connectivity index (χ0) is 16.0. The van der Waals surface area contributed by atoms with Crippen molar-refractivity contribution >= 4 is 21.4 Å². The van der Waals surface area contributed by atoms with E-state index in [-0.39, 0.29) is 24.7 Å². The minimum Gasteiger partial charge on any atom is -0.394 e. The monoisotopic (exact) mass is 345 g/mol. The van der Waals surface area contributed by atoms with E-state index < -0.39 is 21.9 Å². The average molecular weight is 345 g/mol. The Morgan fingerprint density at radius 1 is 1.36 bits per heavy atom. The van der Waals surface area contributed by atoms with Gasteiger partial charge in [-0.25, -0.2) is 17.5 Å². The first-order chi connectivity index (χ1) is 10.5. The lowest BCUT2D eigenvalue weighted by molar-refractivity contribution is 0.0311. The molecule has 0 bridgehead atoms. The summed E-state index contributed by atoms with van der Waals surface area (Å²) in [5, 5.41) is 12.5. The number of hydrogen-bond donors (Lipinski definition) is 2. The van der Waals surface area contributed by atoms with Crippen molar-refractivity contribution in [1.82, 2.24) is 4.72 Å². The Kier molecular flexibility index (Phi) is 6.04. The molecule has 0 aliphatic carbocycles. The molecule has 1 aromatic heterocycles. The van der Waals surface area contributed by atoms with Crippen LogP contribution in [0.15, 0.2) is 46.0 Å². The van der Waals surface area contributed by atoms with Crippen molar-refractivity contribution in [2.75, 3.05) is 19.8 Å². The summed E-state index contributed by atoms with van der Waals surface area (Å²) in [5.74, 6) is -0.617. The van der Waals surface area contributed by atoms with E-state index in [2.05, 4.69) is 4.72 Å². The summed E-state index contributed by atoms with van der Waals surface area (Å²) < 4.78 is 45.3. The molecule has 2 N–H and O–H groups in total. The molecule has 0 aliphatic heterocycles. The predicted octanol–water partition coefficient (Wildman–Crippen LogP) is 1.92. The highest BCUT2D eigenvalue weighted by Gasteiger charge is 2.19. The summed E-state index contributed by atoms with van der Waals surface area (Å²) in [6.07, 6.45) is -0.512. The summed E-state index contributed by atoms with van der Waals surface area (Å²) in [4.78, 5) is -0.140. The first kappa shape index (κ1) is 17.0. The quantitative estimate of drug-likeness (QED) is 0.766. The first-order valence-corrected chi connectivity index (χ1v) is 8.95. The van der Waals surface area contributed by atoms with Crippen LogP contribution in [0.3, 0.4) is 0 Å². The molecule has 0 unspecified atom stereocenters. The van der Waals surface area contributed by atoms with Gasteiger partial charge in [0.05, 0.1) is 24.2 Å². The van der Waals surface area contributed by atoms with Crippen molar-refractivity contribution in [3.05, 3.63) is 52.5 Å². The van der Waals surface area contributed by atoms with Gasteiger partial charge in [0, 0.05) is 6.54 Å². The molecular formula is C14H16FNO4S2. The maximum Gasteiger partial charge on any atom is 0.240 e. The van der Waals surface area contributed by atoms with Crippen LogP contribution in [0.25, 0.3) is 0 Å². The molecule has 0 aliphatic rings. The molecule has 0 spiro atoms. The molecule has 0 amide bonds. The largest absolute Gasteiger partial charge is 0.394 e. The van der Waals surface area contributed by atoms with Gasteiger partial charge in [0.25, 0.3) is 0 Å². The molecule has 22 heavy (non-hydrogen) atoms. The molecule has 5 nitrogen and oxygen atoms in total. The van der Waals surface area contributed by atoms with Crippen molar-refractivity contribution in [2.45, 2.75) is 11.0 Å². The van der Waals surface area contributed by atoms with E-state index in [1.54, 1.807) is 0 Å². The lowest BCUT2D eigenvalue weighted by atomic mass is 10.2. The van der Waals surface area contributed by atoms with E-state index in [0.29, 0.717) is 0 Å². The van der Waals surface area contributed by atoms with Crippen LogP contribution in [0.2, 0.25) is 0 Å². The molecule has 0 radical (unpaired) electrons. The van der Waals surface area contributed by atoms with Gasteiger partial charge in [0.1, 0.15) is 5.82 Å². The van der Waals surface area contributed by atoms with Crippen LogP contribution in [0, 0.1) is 5.82 Å². The standard InChI is InChI=1S/C14H16FNO4S2/c15-12-2-1-3-13(8-12)22(18,19)16-9-14(20-6-5-17)11-4-7-21-10-11/h1-4,7-8,10,14,16-17H,5-6,9H2/t14-/m1/s1. The van der Waals surface area contributed by atoms with Crippen molar-refractivity contribution in [2.24, 2.45) is 0 Å². The number of nitrogens with one attached hydrogen (secondary N) is 1. The summed E-state index contributed by atoms with van der Waals surface area (Å²) in [6, 6.07) is 6.61. The van der Waals surface area contributed by atoms with Crippen LogP contribution in [-0.4, -0.2) is 33.3 Å². The van der Waals surface area contributed by atoms with Crippen molar-refractivity contribution in [3.8, 4) is 0 Å². The SMILES string of the molecule is O=S(=O)(NC[C@@H](OCCO)c1ccsc1)c1cccc(F)c1. The van der Waals surface area contributed by atoms with Gasteiger partial charge < -0.3 is 9.84 Å². The molecule has 0 fully saturated rings. The van der Waals surface area contributed by atoms with Crippen molar-refractivity contribution in [3.63, 3.8) is 0 Å². The van der Waals surface area contributed by atoms with Crippen molar-refractivity contribution < 1.29 is 22.7 Å². The first-order valence-electron chi connectivity index (χ1n) is 6.53. The van der Waals surface area contributed by atoms with Crippen LogP contribution in [0.4, 0.5) is 4.39 Å². The molecular weight excluding hydrogens is 329 g/mol. The highest BCUT2D eigenvalue weighted by atomic mass is 32.2. The van der Waals surface area contributed by atoms with Crippen LogP contribution in [0.5, 0.6) is 0 Å². The molecule has 0 saturated carbocycles. The van der Waals surface area contributed by atoms with Gasteiger partial charge in [-0.15, -0.1) is 0 Å². The van der Waals surface area contributed by atoms with Crippen LogP contribution < -0.4 is 4.72 Å². The van der Waals surface area contributed by atoms with Gasteiger partial charge in [-0.3, -0.25) is 0 Å². The normalized spacial score (nSPS) is 13.2. The number of aliphatic hydroxyl groups excluding tert-OH is 1. The van der Waals surface area contributed by atoms with E-state index in [0.717, 1.165) is 11.6 Å². The van der Waals surface area contributed by atoms with E-state index in [9.17, 15) is 12.8 Å². The zero-order valence-corrected chi connectivity index (χ0v) is 13.2. The van der Waals surface area contributed by atoms with Gasteiger partial charge in [-0.1, -0.05) is 6.07 Å².